The molecule has 3 rings (SSSR count). The summed E-state index contributed by atoms with van der Waals surface area (Å²) < 4.78 is 0. The Labute approximate surface area is 94.8 Å². The first-order valence-corrected chi connectivity index (χ1v) is 6.11. The molecule has 1 unspecified atom stereocenters. The normalized spacial score (nSPS) is 32.6. The predicted octanol–water partition coefficient (Wildman–Crippen LogP) is 0.641. The van der Waals surface area contributed by atoms with E-state index in [2.05, 4.69) is 20.3 Å². The van der Waals surface area contributed by atoms with E-state index in [0.29, 0.717) is 18.3 Å². The van der Waals surface area contributed by atoms with E-state index in [-0.39, 0.29) is 0 Å². The highest BCUT2D eigenvalue weighted by atomic mass is 16.3. The molecule has 1 atom stereocenters. The molecule has 0 radical (unpaired) electrons. The topological polar surface area (TPSA) is 65.0 Å². The molecule has 2 N–H and O–H groups in total. The van der Waals surface area contributed by atoms with E-state index in [1.807, 2.05) is 0 Å². The lowest BCUT2D eigenvalue weighted by Gasteiger charge is -2.25. The number of aliphatic hydroxyl groups is 1. The summed E-state index contributed by atoms with van der Waals surface area (Å²) in [6.07, 6.45) is 7.66. The first-order chi connectivity index (χ1) is 7.78. The monoisotopic (exact) mass is 222 g/mol. The van der Waals surface area contributed by atoms with E-state index < -0.39 is 5.60 Å². The molecule has 1 saturated carbocycles. The van der Waals surface area contributed by atoms with Gasteiger partial charge in [-0.05, 0) is 19.3 Å². The van der Waals surface area contributed by atoms with E-state index >= 15 is 0 Å². The summed E-state index contributed by atoms with van der Waals surface area (Å²) in [5.74, 6) is 0. The molecule has 88 valence electrons. The van der Waals surface area contributed by atoms with Crippen LogP contribution in [0.1, 0.15) is 37.8 Å². The fraction of sp³-hybridized carbons (Fsp3) is 0.818. The van der Waals surface area contributed by atoms with Crippen LogP contribution < -0.4 is 0 Å². The summed E-state index contributed by atoms with van der Waals surface area (Å²) in [6, 6.07) is 0.681. The lowest BCUT2D eigenvalue weighted by Crippen LogP contribution is -2.36. The Morgan fingerprint density at radius 3 is 2.94 bits per heavy atom. The average molecular weight is 222 g/mol. The number of β-amino-alcohol motifs (C(OH)–C–C–N with tert-alkyl or cyclic N) is 1. The third-order valence-corrected chi connectivity index (χ3v) is 4.01. The molecule has 1 aromatic rings. The molecular formula is C11H18N4O. The second-order valence-electron chi connectivity index (χ2n) is 5.05. The first kappa shape index (κ1) is 10.2. The van der Waals surface area contributed by atoms with E-state index in [1.165, 1.54) is 25.7 Å². The molecule has 5 heteroatoms. The van der Waals surface area contributed by atoms with E-state index in [1.54, 1.807) is 6.20 Å². The van der Waals surface area contributed by atoms with Crippen molar-refractivity contribution in [2.75, 3.05) is 13.1 Å². The van der Waals surface area contributed by atoms with Gasteiger partial charge in [-0.3, -0.25) is 4.90 Å². The average Bonchev–Trinajstić information content (AvgIpc) is 3.00. The minimum atomic E-state index is -0.782. The Balaban J connectivity index is 1.72. The number of H-pyrrole nitrogens is 1. The van der Waals surface area contributed by atoms with Crippen LogP contribution in [0.25, 0.3) is 0 Å². The Morgan fingerprint density at radius 2 is 2.25 bits per heavy atom. The molecule has 16 heavy (non-hydrogen) atoms. The van der Waals surface area contributed by atoms with Crippen LogP contribution in [0.4, 0.5) is 0 Å². The first-order valence-electron chi connectivity index (χ1n) is 6.11. The van der Waals surface area contributed by atoms with Crippen molar-refractivity contribution >= 4 is 0 Å². The zero-order valence-electron chi connectivity index (χ0n) is 9.39. The summed E-state index contributed by atoms with van der Waals surface area (Å²) in [7, 11) is 0. The quantitative estimate of drug-likeness (QED) is 0.770. The maximum absolute atomic E-state index is 10.5. The highest BCUT2D eigenvalue weighted by Crippen LogP contribution is 2.34. The third kappa shape index (κ3) is 1.64. The number of hydrogen-bond donors (Lipinski definition) is 2. The number of nitrogens with one attached hydrogen (secondary N) is 1. The Hall–Kier alpha value is -0.940. The van der Waals surface area contributed by atoms with Gasteiger partial charge in [0.05, 0.1) is 6.20 Å². The maximum atomic E-state index is 10.5. The number of aromatic nitrogens is 3. The van der Waals surface area contributed by atoms with Gasteiger partial charge in [-0.2, -0.15) is 15.4 Å². The number of rotatable bonds is 2. The second kappa shape index (κ2) is 3.82. The van der Waals surface area contributed by atoms with E-state index in [0.717, 1.165) is 13.0 Å². The number of hydrogen-bond acceptors (Lipinski definition) is 4. The van der Waals surface area contributed by atoms with E-state index in [9.17, 15) is 5.11 Å². The Bertz CT molecular complexity index is 347. The molecule has 2 fully saturated rings. The van der Waals surface area contributed by atoms with Gasteiger partial charge in [0.1, 0.15) is 11.3 Å². The number of aromatic amines is 1. The van der Waals surface area contributed by atoms with Crippen molar-refractivity contribution in [3.05, 3.63) is 11.9 Å². The van der Waals surface area contributed by atoms with Crippen LogP contribution in [-0.2, 0) is 5.60 Å². The van der Waals surface area contributed by atoms with Crippen LogP contribution >= 0.6 is 0 Å². The van der Waals surface area contributed by atoms with Gasteiger partial charge < -0.3 is 5.11 Å². The standard InChI is InChI=1S/C11H18N4O/c16-11(10-7-12-14-13-10)5-6-15(8-11)9-3-1-2-4-9/h7,9,16H,1-6,8H2,(H,12,13,14). The van der Waals surface area contributed by atoms with Gasteiger partial charge in [0.15, 0.2) is 0 Å². The molecule has 0 aromatic carbocycles. The van der Waals surface area contributed by atoms with Gasteiger partial charge in [0.2, 0.25) is 0 Å². The second-order valence-corrected chi connectivity index (χ2v) is 5.05. The minimum Gasteiger partial charge on any atom is -0.382 e. The lowest BCUT2D eigenvalue weighted by atomic mass is 10.00. The van der Waals surface area contributed by atoms with Crippen molar-refractivity contribution < 1.29 is 5.11 Å². The van der Waals surface area contributed by atoms with Gasteiger partial charge in [0, 0.05) is 19.1 Å². The van der Waals surface area contributed by atoms with Crippen LogP contribution in [0.15, 0.2) is 6.20 Å². The third-order valence-electron chi connectivity index (χ3n) is 4.01. The summed E-state index contributed by atoms with van der Waals surface area (Å²) in [4.78, 5) is 2.42. The molecule has 2 aliphatic rings. The van der Waals surface area contributed by atoms with Gasteiger partial charge in [-0.1, -0.05) is 12.8 Å². The number of likely N-dealkylation sites (tertiary alicyclic amines) is 1. The molecule has 0 spiro atoms. The zero-order chi connectivity index (χ0) is 11.0. The summed E-state index contributed by atoms with van der Waals surface area (Å²) in [5, 5.41) is 20.9. The van der Waals surface area contributed by atoms with Crippen molar-refractivity contribution in [3.63, 3.8) is 0 Å². The summed E-state index contributed by atoms with van der Waals surface area (Å²) in [6.45, 7) is 1.69. The van der Waals surface area contributed by atoms with Crippen LogP contribution in [0, 0.1) is 0 Å². The lowest BCUT2D eigenvalue weighted by molar-refractivity contribution is 0.0365. The fourth-order valence-electron chi connectivity index (χ4n) is 3.04. The van der Waals surface area contributed by atoms with Gasteiger partial charge >= 0.3 is 0 Å². The minimum absolute atomic E-state index is 0.681. The highest BCUT2D eigenvalue weighted by molar-refractivity contribution is 5.10. The Kier molecular flexibility index (Phi) is 2.44. The Morgan fingerprint density at radius 1 is 1.44 bits per heavy atom. The summed E-state index contributed by atoms with van der Waals surface area (Å²) in [5.41, 5.74) is -0.0942. The fourth-order valence-corrected chi connectivity index (χ4v) is 3.04. The molecule has 2 heterocycles. The van der Waals surface area contributed by atoms with Crippen molar-refractivity contribution in [1.29, 1.82) is 0 Å². The van der Waals surface area contributed by atoms with Crippen molar-refractivity contribution in [1.82, 2.24) is 20.3 Å². The number of nitrogens with zero attached hydrogens (tertiary/aromatic N) is 3. The molecule has 1 aliphatic heterocycles. The molecular weight excluding hydrogens is 204 g/mol. The molecule has 1 aliphatic carbocycles. The molecule has 0 amide bonds. The largest absolute Gasteiger partial charge is 0.382 e. The van der Waals surface area contributed by atoms with Gasteiger partial charge in [-0.15, -0.1) is 0 Å². The molecule has 0 bridgehead atoms. The van der Waals surface area contributed by atoms with Crippen molar-refractivity contribution in [3.8, 4) is 0 Å². The van der Waals surface area contributed by atoms with Crippen molar-refractivity contribution in [2.45, 2.75) is 43.7 Å². The maximum Gasteiger partial charge on any atom is 0.124 e. The van der Waals surface area contributed by atoms with Crippen LogP contribution in [0.3, 0.4) is 0 Å². The van der Waals surface area contributed by atoms with Crippen molar-refractivity contribution in [2.24, 2.45) is 0 Å². The van der Waals surface area contributed by atoms with Crippen LogP contribution in [0.5, 0.6) is 0 Å². The molecule has 1 saturated heterocycles. The summed E-state index contributed by atoms with van der Waals surface area (Å²) >= 11 is 0. The molecule has 5 nitrogen and oxygen atoms in total. The highest BCUT2D eigenvalue weighted by Gasteiger charge is 2.42. The predicted molar refractivity (Wildman–Crippen MR) is 58.7 cm³/mol. The SMILES string of the molecule is OC1(c2cn[nH]n2)CCN(C2CCCC2)C1. The van der Waals surface area contributed by atoms with Crippen LogP contribution in [0.2, 0.25) is 0 Å². The van der Waals surface area contributed by atoms with Gasteiger partial charge in [-0.25, -0.2) is 0 Å². The van der Waals surface area contributed by atoms with E-state index in [4.69, 9.17) is 0 Å². The van der Waals surface area contributed by atoms with Crippen LogP contribution in [-0.4, -0.2) is 44.5 Å². The zero-order valence-corrected chi connectivity index (χ0v) is 9.39. The smallest absolute Gasteiger partial charge is 0.124 e. The molecule has 1 aromatic heterocycles. The van der Waals surface area contributed by atoms with Gasteiger partial charge in [0.25, 0.3) is 0 Å².